The molecular weight excluding hydrogens is 405 g/mol. The van der Waals surface area contributed by atoms with E-state index in [-0.39, 0.29) is 11.6 Å². The van der Waals surface area contributed by atoms with Crippen LogP contribution in [-0.4, -0.2) is 35.1 Å². The summed E-state index contributed by atoms with van der Waals surface area (Å²) in [5.41, 5.74) is 7.09. The highest BCUT2D eigenvalue weighted by atomic mass is 19.2. The van der Waals surface area contributed by atoms with Crippen molar-refractivity contribution >= 4 is 11.8 Å². The van der Waals surface area contributed by atoms with Crippen molar-refractivity contribution in [2.24, 2.45) is 0 Å². The molecule has 3 N–H and O–H groups in total. The van der Waals surface area contributed by atoms with Crippen LogP contribution in [0.4, 0.5) is 18.9 Å². The number of aromatic nitrogens is 1. The van der Waals surface area contributed by atoms with Crippen LogP contribution in [0.25, 0.3) is 6.08 Å². The maximum Gasteiger partial charge on any atom is 0.251 e. The van der Waals surface area contributed by atoms with Crippen molar-refractivity contribution in [2.45, 2.75) is 32.0 Å². The van der Waals surface area contributed by atoms with E-state index in [1.807, 2.05) is 0 Å². The molecule has 1 saturated heterocycles. The van der Waals surface area contributed by atoms with Crippen LogP contribution in [0.2, 0.25) is 0 Å². The molecule has 0 atom stereocenters. The van der Waals surface area contributed by atoms with Gasteiger partial charge in [-0.05, 0) is 61.8 Å². The van der Waals surface area contributed by atoms with Gasteiger partial charge in [-0.25, -0.2) is 13.2 Å². The van der Waals surface area contributed by atoms with Gasteiger partial charge < -0.3 is 20.5 Å². The van der Waals surface area contributed by atoms with Gasteiger partial charge in [0.2, 0.25) is 0 Å². The van der Waals surface area contributed by atoms with E-state index < -0.39 is 17.5 Å². The molecule has 2 heterocycles. The molecular formula is C23H27F3N4O. The number of benzene rings is 1. The molecule has 1 aromatic heterocycles. The molecule has 3 rings (SSSR count). The number of pyridine rings is 1. The third kappa shape index (κ3) is 6.08. The number of allylic oxidation sites excluding steroid dienone is 2. The topological polar surface area (TPSA) is 63.3 Å². The molecule has 0 radical (unpaired) electrons. The molecule has 8 heteroatoms. The Hall–Kier alpha value is -2.84. The zero-order chi connectivity index (χ0) is 22.4. The van der Waals surface area contributed by atoms with Gasteiger partial charge in [-0.2, -0.15) is 0 Å². The number of piperidine rings is 1. The van der Waals surface area contributed by atoms with E-state index in [1.165, 1.54) is 28.8 Å². The Morgan fingerprint density at radius 2 is 1.90 bits per heavy atom. The summed E-state index contributed by atoms with van der Waals surface area (Å²) in [6.07, 6.45) is 4.08. The summed E-state index contributed by atoms with van der Waals surface area (Å²) < 4.78 is 41.5. The van der Waals surface area contributed by atoms with Crippen molar-refractivity contribution in [1.29, 1.82) is 0 Å². The maximum absolute atomic E-state index is 13.7. The van der Waals surface area contributed by atoms with Gasteiger partial charge in [-0.15, -0.1) is 0 Å². The second kappa shape index (κ2) is 10.5. The first kappa shape index (κ1) is 22.8. The van der Waals surface area contributed by atoms with Crippen molar-refractivity contribution in [2.75, 3.05) is 25.4 Å². The van der Waals surface area contributed by atoms with E-state index in [0.717, 1.165) is 38.1 Å². The quantitative estimate of drug-likeness (QED) is 0.627. The van der Waals surface area contributed by atoms with Gasteiger partial charge in [0.25, 0.3) is 5.56 Å². The average molecular weight is 432 g/mol. The van der Waals surface area contributed by atoms with Crippen LogP contribution < -0.4 is 16.6 Å². The first-order chi connectivity index (χ1) is 14.9. The summed E-state index contributed by atoms with van der Waals surface area (Å²) in [7, 11) is 0. The number of anilines is 1. The highest BCUT2D eigenvalue weighted by Gasteiger charge is 2.19. The largest absolute Gasteiger partial charge is 0.397 e. The van der Waals surface area contributed by atoms with E-state index in [1.54, 1.807) is 6.07 Å². The Balaban J connectivity index is 1.53. The standard InChI is InChI=1S/C23H27F3N4O/c1-2-17(24)14-22-21(27)5-6-23(31)30(22)12-11-29-9-7-18(8-10-29)28-15-16-3-4-19(25)20(26)13-16/h2-6,13-14,18,28H,1,7-12,15,27H2/b17-14+. The molecule has 0 bridgehead atoms. The molecule has 31 heavy (non-hydrogen) atoms. The molecule has 1 aromatic carbocycles. The first-order valence-electron chi connectivity index (χ1n) is 10.3. The third-order valence-electron chi connectivity index (χ3n) is 5.53. The molecule has 1 fully saturated rings. The lowest BCUT2D eigenvalue weighted by molar-refractivity contribution is 0.190. The predicted octanol–water partition coefficient (Wildman–Crippen LogP) is 3.46. The zero-order valence-electron chi connectivity index (χ0n) is 17.3. The fourth-order valence-corrected chi connectivity index (χ4v) is 3.71. The molecule has 5 nitrogen and oxygen atoms in total. The summed E-state index contributed by atoms with van der Waals surface area (Å²) in [5, 5.41) is 3.39. The molecule has 0 spiro atoms. The number of hydrogen-bond acceptors (Lipinski definition) is 4. The number of nitrogen functional groups attached to an aromatic ring is 1. The molecule has 2 aromatic rings. The molecule has 1 aliphatic rings. The fourth-order valence-electron chi connectivity index (χ4n) is 3.71. The Bertz CT molecular complexity index is 1010. The average Bonchev–Trinajstić information content (AvgIpc) is 2.77. The predicted molar refractivity (Wildman–Crippen MR) is 117 cm³/mol. The summed E-state index contributed by atoms with van der Waals surface area (Å²) in [5.74, 6) is -2.24. The van der Waals surface area contributed by atoms with Crippen LogP contribution >= 0.6 is 0 Å². The lowest BCUT2D eigenvalue weighted by Crippen LogP contribution is -2.43. The smallest absolute Gasteiger partial charge is 0.251 e. The monoisotopic (exact) mass is 432 g/mol. The van der Waals surface area contributed by atoms with Crippen molar-refractivity contribution < 1.29 is 13.2 Å². The molecule has 0 aliphatic carbocycles. The number of nitrogens with one attached hydrogen (secondary N) is 1. The van der Waals surface area contributed by atoms with E-state index >= 15 is 0 Å². The Kier molecular flexibility index (Phi) is 7.70. The van der Waals surface area contributed by atoms with Crippen LogP contribution in [0.3, 0.4) is 0 Å². The van der Waals surface area contributed by atoms with Crippen LogP contribution in [0.1, 0.15) is 24.1 Å². The number of hydrogen-bond donors (Lipinski definition) is 2. The Morgan fingerprint density at radius 1 is 1.16 bits per heavy atom. The maximum atomic E-state index is 13.7. The SMILES string of the molecule is C=C/C(F)=C\c1c(N)ccc(=O)n1CCN1CCC(NCc2ccc(F)c(F)c2)CC1. The number of rotatable bonds is 8. The normalized spacial score (nSPS) is 15.9. The second-order valence-electron chi connectivity index (χ2n) is 7.64. The summed E-state index contributed by atoms with van der Waals surface area (Å²) in [4.78, 5) is 14.5. The Labute approximate surface area is 179 Å². The Morgan fingerprint density at radius 3 is 2.58 bits per heavy atom. The van der Waals surface area contributed by atoms with Crippen LogP contribution in [0.5, 0.6) is 0 Å². The van der Waals surface area contributed by atoms with Crippen molar-refractivity contribution in [3.63, 3.8) is 0 Å². The second-order valence-corrected chi connectivity index (χ2v) is 7.64. The molecule has 0 unspecified atom stereocenters. The van der Waals surface area contributed by atoms with E-state index in [0.29, 0.717) is 36.6 Å². The fraction of sp³-hybridized carbons (Fsp3) is 0.348. The van der Waals surface area contributed by atoms with E-state index in [4.69, 9.17) is 5.73 Å². The zero-order valence-corrected chi connectivity index (χ0v) is 17.3. The number of likely N-dealkylation sites (tertiary alicyclic amines) is 1. The van der Waals surface area contributed by atoms with Gasteiger partial charge in [0, 0.05) is 31.7 Å². The van der Waals surface area contributed by atoms with Crippen molar-refractivity contribution in [3.05, 3.63) is 82.1 Å². The molecule has 0 saturated carbocycles. The van der Waals surface area contributed by atoms with Crippen LogP contribution in [-0.2, 0) is 13.1 Å². The third-order valence-corrected chi connectivity index (χ3v) is 5.53. The lowest BCUT2D eigenvalue weighted by Gasteiger charge is -2.32. The van der Waals surface area contributed by atoms with E-state index in [2.05, 4.69) is 16.8 Å². The van der Waals surface area contributed by atoms with Gasteiger partial charge in [0.1, 0.15) is 5.83 Å². The van der Waals surface area contributed by atoms with Gasteiger partial charge in [0.05, 0.1) is 11.4 Å². The minimum Gasteiger partial charge on any atom is -0.397 e. The van der Waals surface area contributed by atoms with Crippen LogP contribution in [0.15, 0.2) is 53.6 Å². The molecule has 0 amide bonds. The summed E-state index contributed by atoms with van der Waals surface area (Å²) in [6.45, 7) is 6.56. The number of nitrogens with two attached hydrogens (primary N) is 1. The molecule has 166 valence electrons. The van der Waals surface area contributed by atoms with E-state index in [9.17, 15) is 18.0 Å². The van der Waals surface area contributed by atoms with Crippen LogP contribution in [0, 0.1) is 11.6 Å². The first-order valence-corrected chi connectivity index (χ1v) is 10.3. The minimum atomic E-state index is -0.845. The summed E-state index contributed by atoms with van der Waals surface area (Å²) in [6, 6.07) is 7.06. The van der Waals surface area contributed by atoms with Gasteiger partial charge in [-0.3, -0.25) is 4.79 Å². The highest BCUT2D eigenvalue weighted by Crippen LogP contribution is 2.16. The summed E-state index contributed by atoms with van der Waals surface area (Å²) >= 11 is 0. The number of nitrogens with zero attached hydrogens (tertiary/aromatic N) is 2. The van der Waals surface area contributed by atoms with Gasteiger partial charge >= 0.3 is 0 Å². The van der Waals surface area contributed by atoms with Gasteiger partial charge in [0.15, 0.2) is 11.6 Å². The number of halogens is 3. The van der Waals surface area contributed by atoms with Crippen molar-refractivity contribution in [1.82, 2.24) is 14.8 Å². The lowest BCUT2D eigenvalue weighted by atomic mass is 10.0. The minimum absolute atomic E-state index is 0.236. The highest BCUT2D eigenvalue weighted by molar-refractivity contribution is 5.63. The van der Waals surface area contributed by atoms with Gasteiger partial charge in [-0.1, -0.05) is 12.6 Å². The molecule has 1 aliphatic heterocycles. The van der Waals surface area contributed by atoms with Crippen molar-refractivity contribution in [3.8, 4) is 0 Å².